The largest absolute Gasteiger partial charge is 0.406 e. The van der Waals surface area contributed by atoms with Gasteiger partial charge in [-0.05, 0) is 6.42 Å². The van der Waals surface area contributed by atoms with Gasteiger partial charge >= 0.3 is 6.18 Å². The smallest absolute Gasteiger partial charge is 0.329 e. The van der Waals surface area contributed by atoms with E-state index in [0.29, 0.717) is 11.3 Å². The lowest BCUT2D eigenvalue weighted by molar-refractivity contribution is -0.160. The number of hydrogen-bond donors (Lipinski definition) is 0. The zero-order chi connectivity index (χ0) is 14.7. The van der Waals surface area contributed by atoms with Crippen LogP contribution >= 0.6 is 0 Å². The number of halogens is 3. The van der Waals surface area contributed by atoms with Gasteiger partial charge in [0, 0.05) is 13.1 Å². The molecule has 0 aromatic carbocycles. The standard InChI is InChI=1S/C10H15F3N2O3S/c1-2-4-14(8-10(11,12)13)9(16)7-15-5-3-6-19(15,17)18/h2H,1,3-8H2. The first-order valence-corrected chi connectivity index (χ1v) is 7.20. The highest BCUT2D eigenvalue weighted by Crippen LogP contribution is 2.18. The molecular formula is C10H15F3N2O3S. The minimum absolute atomic E-state index is 0.0684. The Kier molecular flexibility index (Phi) is 4.97. The van der Waals surface area contributed by atoms with Crippen LogP contribution in [0.25, 0.3) is 0 Å². The summed E-state index contributed by atoms with van der Waals surface area (Å²) in [7, 11) is -3.50. The number of amides is 1. The molecule has 1 saturated heterocycles. The molecule has 1 aliphatic heterocycles. The normalized spacial score (nSPS) is 19.3. The molecule has 0 aliphatic carbocycles. The summed E-state index contributed by atoms with van der Waals surface area (Å²) in [5, 5.41) is 0. The van der Waals surface area contributed by atoms with Crippen molar-refractivity contribution in [2.24, 2.45) is 0 Å². The van der Waals surface area contributed by atoms with E-state index in [4.69, 9.17) is 0 Å². The average Bonchev–Trinajstić information content (AvgIpc) is 2.56. The average molecular weight is 300 g/mol. The van der Waals surface area contributed by atoms with Crippen molar-refractivity contribution < 1.29 is 26.4 Å². The second kappa shape index (κ2) is 5.91. The summed E-state index contributed by atoms with van der Waals surface area (Å²) < 4.78 is 60.8. The predicted octanol–water partition coefficient (Wildman–Crippen LogP) is 0.599. The zero-order valence-electron chi connectivity index (χ0n) is 10.2. The first-order valence-electron chi connectivity index (χ1n) is 5.59. The third kappa shape index (κ3) is 4.83. The van der Waals surface area contributed by atoms with Crippen molar-refractivity contribution in [3.05, 3.63) is 12.7 Å². The molecule has 0 saturated carbocycles. The first-order chi connectivity index (χ1) is 8.65. The number of sulfonamides is 1. The van der Waals surface area contributed by atoms with Crippen molar-refractivity contribution in [3.8, 4) is 0 Å². The molecule has 1 fully saturated rings. The fourth-order valence-corrected chi connectivity index (χ4v) is 3.21. The van der Waals surface area contributed by atoms with E-state index in [-0.39, 0.29) is 18.8 Å². The lowest BCUT2D eigenvalue weighted by Gasteiger charge is -2.24. The van der Waals surface area contributed by atoms with Crippen molar-refractivity contribution in [1.29, 1.82) is 0 Å². The topological polar surface area (TPSA) is 57.7 Å². The molecule has 0 unspecified atom stereocenters. The second-order valence-electron chi connectivity index (χ2n) is 4.18. The predicted molar refractivity (Wildman–Crippen MR) is 62.8 cm³/mol. The molecule has 1 rings (SSSR count). The number of alkyl halides is 3. The molecule has 1 aliphatic rings. The van der Waals surface area contributed by atoms with Crippen molar-refractivity contribution in [3.63, 3.8) is 0 Å². The summed E-state index contributed by atoms with van der Waals surface area (Å²) in [4.78, 5) is 12.3. The zero-order valence-corrected chi connectivity index (χ0v) is 11.0. The fraction of sp³-hybridized carbons (Fsp3) is 0.700. The van der Waals surface area contributed by atoms with E-state index >= 15 is 0 Å². The quantitative estimate of drug-likeness (QED) is 0.699. The molecule has 0 radical (unpaired) electrons. The van der Waals surface area contributed by atoms with Gasteiger partial charge in [-0.3, -0.25) is 4.79 Å². The summed E-state index contributed by atoms with van der Waals surface area (Å²) in [6.07, 6.45) is -2.97. The molecule has 110 valence electrons. The van der Waals surface area contributed by atoms with Gasteiger partial charge in [0.1, 0.15) is 6.54 Å². The van der Waals surface area contributed by atoms with Gasteiger partial charge in [-0.2, -0.15) is 17.5 Å². The van der Waals surface area contributed by atoms with E-state index in [0.717, 1.165) is 4.31 Å². The van der Waals surface area contributed by atoms with Gasteiger partial charge in [0.15, 0.2) is 0 Å². The maximum atomic E-state index is 12.3. The van der Waals surface area contributed by atoms with Crippen LogP contribution in [0.4, 0.5) is 13.2 Å². The molecule has 0 N–H and O–H groups in total. The van der Waals surface area contributed by atoms with E-state index in [9.17, 15) is 26.4 Å². The Hall–Kier alpha value is -1.09. The van der Waals surface area contributed by atoms with Crippen LogP contribution in [-0.2, 0) is 14.8 Å². The lowest BCUT2D eigenvalue weighted by Crippen LogP contribution is -2.44. The van der Waals surface area contributed by atoms with E-state index in [2.05, 4.69) is 6.58 Å². The molecule has 5 nitrogen and oxygen atoms in total. The van der Waals surface area contributed by atoms with Crippen LogP contribution in [-0.4, -0.2) is 61.6 Å². The molecule has 0 spiro atoms. The molecule has 0 aromatic rings. The van der Waals surface area contributed by atoms with Crippen LogP contribution in [0.15, 0.2) is 12.7 Å². The molecule has 0 bridgehead atoms. The summed E-state index contributed by atoms with van der Waals surface area (Å²) >= 11 is 0. The van der Waals surface area contributed by atoms with Crippen LogP contribution in [0.2, 0.25) is 0 Å². The van der Waals surface area contributed by atoms with Crippen molar-refractivity contribution in [2.45, 2.75) is 12.6 Å². The third-order valence-electron chi connectivity index (χ3n) is 2.59. The highest BCUT2D eigenvalue weighted by molar-refractivity contribution is 7.89. The Morgan fingerprint density at radius 2 is 2.05 bits per heavy atom. The Bertz CT molecular complexity index is 447. The van der Waals surface area contributed by atoms with E-state index in [1.54, 1.807) is 0 Å². The molecular weight excluding hydrogens is 285 g/mol. The Morgan fingerprint density at radius 1 is 1.42 bits per heavy atom. The lowest BCUT2D eigenvalue weighted by atomic mass is 10.4. The number of nitrogens with zero attached hydrogens (tertiary/aromatic N) is 2. The van der Waals surface area contributed by atoms with Crippen molar-refractivity contribution in [2.75, 3.05) is 31.9 Å². The summed E-state index contributed by atoms with van der Waals surface area (Å²) in [5.41, 5.74) is 0. The van der Waals surface area contributed by atoms with Gasteiger partial charge in [-0.25, -0.2) is 8.42 Å². The van der Waals surface area contributed by atoms with Crippen LogP contribution in [0, 0.1) is 0 Å². The number of hydrogen-bond acceptors (Lipinski definition) is 3. The number of carbonyl (C=O) groups excluding carboxylic acids is 1. The van der Waals surface area contributed by atoms with Gasteiger partial charge in [0.2, 0.25) is 15.9 Å². The summed E-state index contributed by atoms with van der Waals surface area (Å²) in [5.74, 6) is -0.941. The van der Waals surface area contributed by atoms with Gasteiger partial charge in [-0.1, -0.05) is 6.08 Å². The Labute approximate surface area is 109 Å². The minimum atomic E-state index is -4.53. The second-order valence-corrected chi connectivity index (χ2v) is 6.27. The van der Waals surface area contributed by atoms with Crippen LogP contribution in [0.5, 0.6) is 0 Å². The molecule has 0 atom stereocenters. The van der Waals surface area contributed by atoms with Gasteiger partial charge in [0.25, 0.3) is 0 Å². The van der Waals surface area contributed by atoms with Gasteiger partial charge < -0.3 is 4.90 Å². The van der Waals surface area contributed by atoms with Gasteiger partial charge in [-0.15, -0.1) is 6.58 Å². The minimum Gasteiger partial charge on any atom is -0.329 e. The maximum absolute atomic E-state index is 12.3. The van der Waals surface area contributed by atoms with E-state index in [1.807, 2.05) is 0 Å². The maximum Gasteiger partial charge on any atom is 0.406 e. The number of rotatable bonds is 5. The monoisotopic (exact) mass is 300 g/mol. The summed E-state index contributed by atoms with van der Waals surface area (Å²) in [6.45, 7) is 1.22. The molecule has 0 aromatic heterocycles. The highest BCUT2D eigenvalue weighted by Gasteiger charge is 2.35. The Balaban J connectivity index is 2.70. The van der Waals surface area contributed by atoms with E-state index in [1.165, 1.54) is 6.08 Å². The molecule has 1 heterocycles. The number of carbonyl (C=O) groups is 1. The van der Waals surface area contributed by atoms with Crippen LogP contribution in [0.3, 0.4) is 0 Å². The Morgan fingerprint density at radius 3 is 2.47 bits per heavy atom. The van der Waals surface area contributed by atoms with Crippen LogP contribution < -0.4 is 0 Å². The third-order valence-corrected chi connectivity index (χ3v) is 4.49. The SMILES string of the molecule is C=CCN(CC(F)(F)F)C(=O)CN1CCCS1(=O)=O. The fourth-order valence-electron chi connectivity index (χ4n) is 1.75. The van der Waals surface area contributed by atoms with Crippen molar-refractivity contribution >= 4 is 15.9 Å². The molecule has 1 amide bonds. The van der Waals surface area contributed by atoms with E-state index < -0.39 is 35.2 Å². The first kappa shape index (κ1) is 16.0. The van der Waals surface area contributed by atoms with Gasteiger partial charge in [0.05, 0.1) is 12.3 Å². The molecule has 9 heteroatoms. The summed E-state index contributed by atoms with van der Waals surface area (Å²) in [6, 6.07) is 0. The van der Waals surface area contributed by atoms with Crippen molar-refractivity contribution in [1.82, 2.24) is 9.21 Å². The highest BCUT2D eigenvalue weighted by atomic mass is 32.2. The molecule has 19 heavy (non-hydrogen) atoms. The van der Waals surface area contributed by atoms with Crippen LogP contribution in [0.1, 0.15) is 6.42 Å².